The van der Waals surface area contributed by atoms with Gasteiger partial charge in [0.15, 0.2) is 5.58 Å². The van der Waals surface area contributed by atoms with Crippen LogP contribution >= 0.6 is 15.9 Å². The van der Waals surface area contributed by atoms with E-state index in [1.165, 1.54) is 0 Å². The van der Waals surface area contributed by atoms with Gasteiger partial charge in [-0.1, -0.05) is 34.1 Å². The van der Waals surface area contributed by atoms with Crippen molar-refractivity contribution in [3.8, 4) is 11.5 Å². The maximum Gasteiger partial charge on any atom is 0.300 e. The molecule has 5 heteroatoms. The number of anilines is 2. The van der Waals surface area contributed by atoms with E-state index in [1.54, 1.807) is 0 Å². The topological polar surface area (TPSA) is 47.3 Å². The molecule has 4 nitrogen and oxygen atoms in total. The van der Waals surface area contributed by atoms with Gasteiger partial charge in [0.25, 0.3) is 6.01 Å². The summed E-state index contributed by atoms with van der Waals surface area (Å²) in [7, 11) is 0. The number of fused-ring (bicyclic) bond motifs is 1. The molecule has 3 aromatic carbocycles. The minimum absolute atomic E-state index is 0.458. The third-order valence-corrected chi connectivity index (χ3v) is 3.93. The standard InChI is InChI=1S/C19H13BrN2O2/c20-13-6-11-18-17(12-13)22-19(24-18)21-14-7-9-16(10-8-14)23-15-4-2-1-3-5-15/h1-12H,(H,21,22). The summed E-state index contributed by atoms with van der Waals surface area (Å²) in [4.78, 5) is 4.42. The average Bonchev–Trinajstić information content (AvgIpc) is 2.99. The smallest absolute Gasteiger partial charge is 0.300 e. The Morgan fingerprint density at radius 1 is 0.875 bits per heavy atom. The fraction of sp³-hybridized carbons (Fsp3) is 0. The van der Waals surface area contributed by atoms with Crippen LogP contribution in [0.15, 0.2) is 81.7 Å². The van der Waals surface area contributed by atoms with Gasteiger partial charge in [-0.15, -0.1) is 0 Å². The molecule has 4 aromatic rings. The van der Waals surface area contributed by atoms with Gasteiger partial charge in [0.2, 0.25) is 0 Å². The zero-order chi connectivity index (χ0) is 16.4. The number of nitrogens with one attached hydrogen (secondary N) is 1. The normalized spacial score (nSPS) is 10.7. The molecule has 4 rings (SSSR count). The highest BCUT2D eigenvalue weighted by molar-refractivity contribution is 9.10. The van der Waals surface area contributed by atoms with E-state index in [4.69, 9.17) is 9.15 Å². The van der Waals surface area contributed by atoms with E-state index in [2.05, 4.69) is 26.2 Å². The summed E-state index contributed by atoms with van der Waals surface area (Å²) in [5, 5.41) is 3.16. The molecule has 0 atom stereocenters. The highest BCUT2D eigenvalue weighted by Gasteiger charge is 2.06. The number of oxazole rings is 1. The second kappa shape index (κ2) is 6.37. The lowest BCUT2D eigenvalue weighted by molar-refractivity contribution is 0.483. The Bertz CT molecular complexity index is 966. The molecule has 0 aliphatic heterocycles. The molecule has 0 amide bonds. The van der Waals surface area contributed by atoms with Crippen molar-refractivity contribution >= 4 is 38.7 Å². The summed E-state index contributed by atoms with van der Waals surface area (Å²) in [6.45, 7) is 0. The molecule has 0 spiro atoms. The molecular formula is C19H13BrN2O2. The van der Waals surface area contributed by atoms with E-state index in [0.29, 0.717) is 6.01 Å². The van der Waals surface area contributed by atoms with Gasteiger partial charge >= 0.3 is 0 Å². The molecule has 118 valence electrons. The number of hydrogen-bond acceptors (Lipinski definition) is 4. The summed E-state index contributed by atoms with van der Waals surface area (Å²) in [5.74, 6) is 1.58. The number of nitrogens with zero attached hydrogens (tertiary/aromatic N) is 1. The number of rotatable bonds is 4. The van der Waals surface area contributed by atoms with Gasteiger partial charge in [-0.05, 0) is 54.6 Å². The van der Waals surface area contributed by atoms with E-state index in [0.717, 1.165) is 32.8 Å². The molecule has 0 aliphatic rings. The van der Waals surface area contributed by atoms with Crippen LogP contribution < -0.4 is 10.1 Å². The first-order valence-corrected chi connectivity index (χ1v) is 8.22. The van der Waals surface area contributed by atoms with Gasteiger partial charge in [0.1, 0.15) is 17.0 Å². The van der Waals surface area contributed by atoms with Gasteiger partial charge in [0.05, 0.1) is 0 Å². The molecule has 0 unspecified atom stereocenters. The molecule has 1 N–H and O–H groups in total. The number of para-hydroxylation sites is 1. The maximum atomic E-state index is 5.77. The zero-order valence-electron chi connectivity index (χ0n) is 12.6. The molecule has 0 fully saturated rings. The minimum Gasteiger partial charge on any atom is -0.457 e. The monoisotopic (exact) mass is 380 g/mol. The van der Waals surface area contributed by atoms with E-state index in [1.807, 2.05) is 72.8 Å². The van der Waals surface area contributed by atoms with Crippen molar-refractivity contribution in [3.63, 3.8) is 0 Å². The lowest BCUT2D eigenvalue weighted by atomic mass is 10.3. The Morgan fingerprint density at radius 2 is 1.62 bits per heavy atom. The molecular weight excluding hydrogens is 368 g/mol. The van der Waals surface area contributed by atoms with Gasteiger partial charge in [-0.25, -0.2) is 0 Å². The van der Waals surface area contributed by atoms with Gasteiger partial charge < -0.3 is 14.5 Å². The van der Waals surface area contributed by atoms with Gasteiger partial charge in [-0.2, -0.15) is 4.98 Å². The Balaban J connectivity index is 1.50. The maximum absolute atomic E-state index is 5.77. The van der Waals surface area contributed by atoms with Crippen LogP contribution in [0.4, 0.5) is 11.7 Å². The Labute approximate surface area is 147 Å². The fourth-order valence-electron chi connectivity index (χ4n) is 2.31. The van der Waals surface area contributed by atoms with Crippen LogP contribution in [0.2, 0.25) is 0 Å². The van der Waals surface area contributed by atoms with Crippen LogP contribution in [0.5, 0.6) is 11.5 Å². The predicted octanol–water partition coefficient (Wildman–Crippen LogP) is 6.13. The highest BCUT2D eigenvalue weighted by atomic mass is 79.9. The van der Waals surface area contributed by atoms with E-state index < -0.39 is 0 Å². The lowest BCUT2D eigenvalue weighted by Crippen LogP contribution is -1.90. The van der Waals surface area contributed by atoms with Crippen molar-refractivity contribution in [1.82, 2.24) is 4.98 Å². The number of benzene rings is 3. The van der Waals surface area contributed by atoms with E-state index in [-0.39, 0.29) is 0 Å². The summed E-state index contributed by atoms with van der Waals surface area (Å²) < 4.78 is 12.4. The zero-order valence-corrected chi connectivity index (χ0v) is 14.2. The number of hydrogen-bond donors (Lipinski definition) is 1. The van der Waals surface area contributed by atoms with Crippen LogP contribution in [-0.2, 0) is 0 Å². The van der Waals surface area contributed by atoms with Crippen LogP contribution in [0.25, 0.3) is 11.1 Å². The van der Waals surface area contributed by atoms with E-state index >= 15 is 0 Å². The van der Waals surface area contributed by atoms with Gasteiger partial charge in [0, 0.05) is 10.2 Å². The minimum atomic E-state index is 0.458. The SMILES string of the molecule is Brc1ccc2oc(Nc3ccc(Oc4ccccc4)cc3)nc2c1. The van der Waals surface area contributed by atoms with Crippen LogP contribution in [0.1, 0.15) is 0 Å². The first-order valence-electron chi connectivity index (χ1n) is 7.42. The van der Waals surface area contributed by atoms with Crippen LogP contribution in [-0.4, -0.2) is 4.98 Å². The summed E-state index contributed by atoms with van der Waals surface area (Å²) in [6.07, 6.45) is 0. The summed E-state index contributed by atoms with van der Waals surface area (Å²) in [6, 6.07) is 23.5. The Morgan fingerprint density at radius 3 is 2.42 bits per heavy atom. The number of halogens is 1. The fourth-order valence-corrected chi connectivity index (χ4v) is 2.66. The molecule has 0 aliphatic carbocycles. The third-order valence-electron chi connectivity index (χ3n) is 3.43. The number of aromatic nitrogens is 1. The van der Waals surface area contributed by atoms with Crippen LogP contribution in [0, 0.1) is 0 Å². The van der Waals surface area contributed by atoms with Crippen LogP contribution in [0.3, 0.4) is 0 Å². The highest BCUT2D eigenvalue weighted by Crippen LogP contribution is 2.27. The largest absolute Gasteiger partial charge is 0.457 e. The summed E-state index contributed by atoms with van der Waals surface area (Å²) >= 11 is 3.43. The number of ether oxygens (including phenoxy) is 1. The van der Waals surface area contributed by atoms with Crippen molar-refractivity contribution in [1.29, 1.82) is 0 Å². The second-order valence-electron chi connectivity index (χ2n) is 5.20. The quantitative estimate of drug-likeness (QED) is 0.462. The van der Waals surface area contributed by atoms with Crippen molar-refractivity contribution in [2.45, 2.75) is 0 Å². The molecule has 1 aromatic heterocycles. The Kier molecular flexibility index (Phi) is 3.92. The second-order valence-corrected chi connectivity index (χ2v) is 6.11. The summed E-state index contributed by atoms with van der Waals surface area (Å²) in [5.41, 5.74) is 2.42. The lowest BCUT2D eigenvalue weighted by Gasteiger charge is -2.06. The molecule has 0 saturated carbocycles. The molecule has 0 radical (unpaired) electrons. The van der Waals surface area contributed by atoms with Gasteiger partial charge in [-0.3, -0.25) is 0 Å². The van der Waals surface area contributed by atoms with Crippen molar-refractivity contribution in [3.05, 3.63) is 77.3 Å². The average molecular weight is 381 g/mol. The first-order chi connectivity index (χ1) is 11.8. The molecule has 0 saturated heterocycles. The van der Waals surface area contributed by atoms with Crippen molar-refractivity contribution < 1.29 is 9.15 Å². The van der Waals surface area contributed by atoms with E-state index in [9.17, 15) is 0 Å². The predicted molar refractivity (Wildman–Crippen MR) is 97.9 cm³/mol. The first kappa shape index (κ1) is 14.8. The Hall–Kier alpha value is -2.79. The third kappa shape index (κ3) is 3.26. The molecule has 1 heterocycles. The van der Waals surface area contributed by atoms with Crippen molar-refractivity contribution in [2.75, 3.05) is 5.32 Å². The molecule has 0 bridgehead atoms. The molecule has 24 heavy (non-hydrogen) atoms. The van der Waals surface area contributed by atoms with Crippen molar-refractivity contribution in [2.24, 2.45) is 0 Å².